The number of para-hydroxylation sites is 1. The Kier molecular flexibility index (Phi) is 6.98. The van der Waals surface area contributed by atoms with Crippen molar-refractivity contribution in [1.29, 1.82) is 0 Å². The second-order valence-electron chi connectivity index (χ2n) is 8.18. The zero-order valence-electron chi connectivity index (χ0n) is 18.9. The molecule has 7 nitrogen and oxygen atoms in total. The van der Waals surface area contributed by atoms with Crippen LogP contribution in [0.1, 0.15) is 30.9 Å². The first kappa shape index (κ1) is 23.5. The van der Waals surface area contributed by atoms with Crippen molar-refractivity contribution < 1.29 is 18.0 Å². The molecule has 3 aromatic rings. The van der Waals surface area contributed by atoms with Gasteiger partial charge in [-0.1, -0.05) is 54.6 Å². The first-order valence-electron chi connectivity index (χ1n) is 11.2. The zero-order chi connectivity index (χ0) is 24.1. The van der Waals surface area contributed by atoms with E-state index in [0.717, 1.165) is 12.8 Å². The van der Waals surface area contributed by atoms with Gasteiger partial charge in [0, 0.05) is 25.7 Å². The standard InChI is InChI=1S/C26H27N3O4S/c1-28(22-14-6-3-7-15-22)34(32,33)23-16-10-13-21(19-23)27-26(31)25(20-11-4-2-5-12-20)29-18-9-8-17-24(29)30/h2-7,10-16,19,25H,8-9,17-18H2,1H3,(H,27,31). The predicted octanol–water partition coefficient (Wildman–Crippen LogP) is 4.20. The average Bonchev–Trinajstić information content (AvgIpc) is 2.86. The highest BCUT2D eigenvalue weighted by atomic mass is 32.2. The van der Waals surface area contributed by atoms with Gasteiger partial charge in [-0.3, -0.25) is 13.9 Å². The molecule has 2 amide bonds. The van der Waals surface area contributed by atoms with Crippen LogP contribution in [0.5, 0.6) is 0 Å². The van der Waals surface area contributed by atoms with Crippen molar-refractivity contribution in [3.05, 3.63) is 90.5 Å². The van der Waals surface area contributed by atoms with Crippen LogP contribution in [0.3, 0.4) is 0 Å². The van der Waals surface area contributed by atoms with E-state index in [4.69, 9.17) is 0 Å². The Balaban J connectivity index is 1.61. The first-order valence-corrected chi connectivity index (χ1v) is 12.6. The summed E-state index contributed by atoms with van der Waals surface area (Å²) in [6, 6.07) is 23.3. The monoisotopic (exact) mass is 477 g/mol. The molecule has 0 saturated carbocycles. The second-order valence-corrected chi connectivity index (χ2v) is 10.2. The maximum Gasteiger partial charge on any atom is 0.264 e. The summed E-state index contributed by atoms with van der Waals surface area (Å²) in [4.78, 5) is 27.7. The fourth-order valence-electron chi connectivity index (χ4n) is 4.09. The maximum atomic E-state index is 13.4. The Labute approximate surface area is 200 Å². The minimum Gasteiger partial charge on any atom is -0.327 e. The number of hydrogen-bond acceptors (Lipinski definition) is 4. The molecular formula is C26H27N3O4S. The van der Waals surface area contributed by atoms with E-state index in [0.29, 0.717) is 29.9 Å². The Morgan fingerprint density at radius 3 is 2.29 bits per heavy atom. The van der Waals surface area contributed by atoms with Crippen molar-refractivity contribution in [3.8, 4) is 0 Å². The van der Waals surface area contributed by atoms with Crippen LogP contribution < -0.4 is 9.62 Å². The number of carbonyl (C=O) groups is 2. The molecule has 1 saturated heterocycles. The molecule has 1 unspecified atom stereocenters. The maximum absolute atomic E-state index is 13.4. The highest BCUT2D eigenvalue weighted by molar-refractivity contribution is 7.92. The number of rotatable bonds is 7. The first-order chi connectivity index (χ1) is 16.4. The second kappa shape index (κ2) is 10.1. The van der Waals surface area contributed by atoms with Crippen LogP contribution >= 0.6 is 0 Å². The molecule has 0 radical (unpaired) electrons. The molecule has 0 bridgehead atoms. The van der Waals surface area contributed by atoms with E-state index in [1.807, 2.05) is 36.4 Å². The van der Waals surface area contributed by atoms with E-state index >= 15 is 0 Å². The molecule has 0 spiro atoms. The minimum atomic E-state index is -3.83. The van der Waals surface area contributed by atoms with Crippen LogP contribution in [0.15, 0.2) is 89.8 Å². The minimum absolute atomic E-state index is 0.0574. The van der Waals surface area contributed by atoms with E-state index in [2.05, 4.69) is 5.32 Å². The van der Waals surface area contributed by atoms with Gasteiger partial charge in [0.2, 0.25) is 5.91 Å². The number of hydrogen-bond donors (Lipinski definition) is 1. The van der Waals surface area contributed by atoms with Crippen LogP contribution in [0.2, 0.25) is 0 Å². The normalized spacial score (nSPS) is 15.0. The van der Waals surface area contributed by atoms with Crippen LogP contribution in [0.25, 0.3) is 0 Å². The largest absolute Gasteiger partial charge is 0.327 e. The van der Waals surface area contributed by atoms with Gasteiger partial charge in [0.1, 0.15) is 6.04 Å². The number of benzene rings is 3. The molecule has 1 N–H and O–H groups in total. The summed E-state index contributed by atoms with van der Waals surface area (Å²) in [6.07, 6.45) is 2.06. The Hall–Kier alpha value is -3.65. The number of likely N-dealkylation sites (tertiary alicyclic amines) is 1. The van der Waals surface area contributed by atoms with Gasteiger partial charge in [-0.25, -0.2) is 8.42 Å². The number of piperidine rings is 1. The number of carbonyl (C=O) groups excluding carboxylic acids is 2. The van der Waals surface area contributed by atoms with Gasteiger partial charge in [-0.15, -0.1) is 0 Å². The SMILES string of the molecule is CN(c1ccccc1)S(=O)(=O)c1cccc(NC(=O)C(c2ccccc2)N2CCCCC2=O)c1. The number of nitrogens with one attached hydrogen (secondary N) is 1. The predicted molar refractivity (Wildman–Crippen MR) is 132 cm³/mol. The van der Waals surface area contributed by atoms with Gasteiger partial charge in [0.05, 0.1) is 10.6 Å². The third-order valence-corrected chi connectivity index (χ3v) is 7.70. The third-order valence-electron chi connectivity index (χ3n) is 5.92. The molecule has 1 aliphatic heterocycles. The number of sulfonamides is 1. The molecule has 1 fully saturated rings. The van der Waals surface area contributed by atoms with Crippen LogP contribution in [-0.4, -0.2) is 38.7 Å². The lowest BCUT2D eigenvalue weighted by Crippen LogP contribution is -2.43. The Bertz CT molecular complexity index is 1260. The molecule has 1 heterocycles. The van der Waals surface area contributed by atoms with Gasteiger partial charge < -0.3 is 10.2 Å². The molecule has 0 aliphatic carbocycles. The molecular weight excluding hydrogens is 450 g/mol. The van der Waals surface area contributed by atoms with E-state index in [1.165, 1.54) is 23.5 Å². The van der Waals surface area contributed by atoms with Gasteiger partial charge in [-0.2, -0.15) is 0 Å². The lowest BCUT2D eigenvalue weighted by molar-refractivity contribution is -0.141. The van der Waals surface area contributed by atoms with Gasteiger partial charge in [0.25, 0.3) is 15.9 Å². The molecule has 34 heavy (non-hydrogen) atoms. The summed E-state index contributed by atoms with van der Waals surface area (Å²) in [6.45, 7) is 0.502. The summed E-state index contributed by atoms with van der Waals surface area (Å²) in [5.74, 6) is -0.441. The van der Waals surface area contributed by atoms with Crippen molar-refractivity contribution >= 4 is 33.2 Å². The summed E-state index contributed by atoms with van der Waals surface area (Å²) < 4.78 is 27.6. The molecule has 3 aromatic carbocycles. The van der Waals surface area contributed by atoms with E-state index in [1.54, 1.807) is 41.3 Å². The molecule has 176 valence electrons. The lowest BCUT2D eigenvalue weighted by atomic mass is 10.0. The van der Waals surface area contributed by atoms with Crippen molar-refractivity contribution in [2.24, 2.45) is 0 Å². The lowest BCUT2D eigenvalue weighted by Gasteiger charge is -2.34. The average molecular weight is 478 g/mol. The molecule has 8 heteroatoms. The third kappa shape index (κ3) is 4.97. The Morgan fingerprint density at radius 2 is 1.62 bits per heavy atom. The van der Waals surface area contributed by atoms with Gasteiger partial charge >= 0.3 is 0 Å². The molecule has 4 rings (SSSR count). The fraction of sp³-hybridized carbons (Fsp3) is 0.231. The molecule has 0 aromatic heterocycles. The van der Waals surface area contributed by atoms with Crippen molar-refractivity contribution in [1.82, 2.24) is 4.90 Å². The Morgan fingerprint density at radius 1 is 0.941 bits per heavy atom. The number of nitrogens with zero attached hydrogens (tertiary/aromatic N) is 2. The van der Waals surface area contributed by atoms with Crippen LogP contribution in [0, 0.1) is 0 Å². The summed E-state index contributed by atoms with van der Waals surface area (Å²) >= 11 is 0. The van der Waals surface area contributed by atoms with E-state index in [-0.39, 0.29) is 16.7 Å². The van der Waals surface area contributed by atoms with Crippen molar-refractivity contribution in [2.75, 3.05) is 23.2 Å². The number of anilines is 2. The van der Waals surface area contributed by atoms with Crippen molar-refractivity contribution in [2.45, 2.75) is 30.2 Å². The van der Waals surface area contributed by atoms with Crippen molar-refractivity contribution in [3.63, 3.8) is 0 Å². The quantitative estimate of drug-likeness (QED) is 0.552. The van der Waals surface area contributed by atoms with Crippen LogP contribution in [-0.2, 0) is 19.6 Å². The highest BCUT2D eigenvalue weighted by Crippen LogP contribution is 2.28. The summed E-state index contributed by atoms with van der Waals surface area (Å²) in [7, 11) is -2.35. The molecule has 1 aliphatic rings. The van der Waals surface area contributed by atoms with Gasteiger partial charge in [0.15, 0.2) is 0 Å². The zero-order valence-corrected chi connectivity index (χ0v) is 19.7. The van der Waals surface area contributed by atoms with Crippen LogP contribution in [0.4, 0.5) is 11.4 Å². The summed E-state index contributed by atoms with van der Waals surface area (Å²) in [5.41, 5.74) is 1.59. The van der Waals surface area contributed by atoms with Gasteiger partial charge in [-0.05, 0) is 48.7 Å². The van der Waals surface area contributed by atoms with E-state index < -0.39 is 16.1 Å². The topological polar surface area (TPSA) is 86.8 Å². The smallest absolute Gasteiger partial charge is 0.264 e. The fourth-order valence-corrected chi connectivity index (χ4v) is 5.33. The molecule has 1 atom stereocenters. The highest BCUT2D eigenvalue weighted by Gasteiger charge is 2.33. The number of amides is 2. The summed E-state index contributed by atoms with van der Waals surface area (Å²) in [5, 5.41) is 2.83. The van der Waals surface area contributed by atoms with E-state index in [9.17, 15) is 18.0 Å².